The molecule has 0 saturated carbocycles. The van der Waals surface area contributed by atoms with Gasteiger partial charge in [-0.05, 0) is 42.8 Å². The zero-order chi connectivity index (χ0) is 14.7. The van der Waals surface area contributed by atoms with E-state index >= 15 is 0 Å². The molecule has 102 valence electrons. The zero-order valence-corrected chi connectivity index (χ0v) is 13.0. The van der Waals surface area contributed by atoms with Crippen molar-refractivity contribution in [2.75, 3.05) is 5.32 Å². The number of nitrogens with zero attached hydrogens (tertiary/aromatic N) is 1. The minimum absolute atomic E-state index is 0.0983. The highest BCUT2D eigenvalue weighted by Gasteiger charge is 2.11. The van der Waals surface area contributed by atoms with E-state index in [0.717, 1.165) is 10.0 Å². The molecule has 1 unspecified atom stereocenters. The van der Waals surface area contributed by atoms with Gasteiger partial charge in [0.15, 0.2) is 0 Å². The van der Waals surface area contributed by atoms with E-state index in [4.69, 9.17) is 16.9 Å². The summed E-state index contributed by atoms with van der Waals surface area (Å²) >= 11 is 9.04. The Morgan fingerprint density at radius 1 is 1.30 bits per heavy atom. The SMILES string of the molecule is CC(Nc1cc(Br)ccc1C#N)c1ccc(Cl)c(F)c1. The van der Waals surface area contributed by atoms with Gasteiger partial charge < -0.3 is 5.32 Å². The molecule has 2 nitrogen and oxygen atoms in total. The Morgan fingerprint density at radius 2 is 2.05 bits per heavy atom. The quantitative estimate of drug-likeness (QED) is 0.814. The molecule has 2 aromatic rings. The third-order valence-electron chi connectivity index (χ3n) is 2.92. The van der Waals surface area contributed by atoms with Crippen LogP contribution < -0.4 is 5.32 Å². The van der Waals surface area contributed by atoms with Gasteiger partial charge in [-0.1, -0.05) is 33.6 Å². The average molecular weight is 354 g/mol. The number of anilines is 1. The van der Waals surface area contributed by atoms with Crippen molar-refractivity contribution in [2.24, 2.45) is 0 Å². The van der Waals surface area contributed by atoms with E-state index in [1.54, 1.807) is 18.2 Å². The Morgan fingerprint density at radius 3 is 2.70 bits per heavy atom. The molecular weight excluding hydrogens is 343 g/mol. The maximum absolute atomic E-state index is 13.5. The van der Waals surface area contributed by atoms with Crippen LogP contribution in [0.1, 0.15) is 24.1 Å². The average Bonchev–Trinajstić information content (AvgIpc) is 2.42. The first-order valence-electron chi connectivity index (χ1n) is 5.92. The van der Waals surface area contributed by atoms with Gasteiger partial charge in [0.1, 0.15) is 11.9 Å². The molecule has 0 amide bonds. The lowest BCUT2D eigenvalue weighted by molar-refractivity contribution is 0.624. The van der Waals surface area contributed by atoms with Crippen LogP contribution in [0.15, 0.2) is 40.9 Å². The predicted molar refractivity (Wildman–Crippen MR) is 82.3 cm³/mol. The lowest BCUT2D eigenvalue weighted by Gasteiger charge is -2.17. The molecule has 0 bridgehead atoms. The summed E-state index contributed by atoms with van der Waals surface area (Å²) in [5.74, 6) is -0.451. The van der Waals surface area contributed by atoms with E-state index in [-0.39, 0.29) is 11.1 Å². The van der Waals surface area contributed by atoms with Crippen molar-refractivity contribution in [3.63, 3.8) is 0 Å². The van der Waals surface area contributed by atoms with E-state index in [1.165, 1.54) is 12.1 Å². The predicted octanol–water partition coefficient (Wildman–Crippen LogP) is 5.29. The minimum Gasteiger partial charge on any atom is -0.377 e. The lowest BCUT2D eigenvalue weighted by Crippen LogP contribution is -2.08. The topological polar surface area (TPSA) is 35.8 Å². The summed E-state index contributed by atoms with van der Waals surface area (Å²) in [4.78, 5) is 0. The van der Waals surface area contributed by atoms with Crippen molar-refractivity contribution in [1.29, 1.82) is 5.26 Å². The third kappa shape index (κ3) is 3.30. The van der Waals surface area contributed by atoms with Gasteiger partial charge in [0.25, 0.3) is 0 Å². The van der Waals surface area contributed by atoms with E-state index < -0.39 is 5.82 Å². The second-order valence-corrected chi connectivity index (χ2v) is 5.66. The number of benzene rings is 2. The van der Waals surface area contributed by atoms with Crippen molar-refractivity contribution in [3.05, 3.63) is 62.8 Å². The Kier molecular flexibility index (Phi) is 4.64. The summed E-state index contributed by atoms with van der Waals surface area (Å²) < 4.78 is 14.3. The fourth-order valence-corrected chi connectivity index (χ4v) is 2.31. The van der Waals surface area contributed by atoms with Crippen LogP contribution in [0, 0.1) is 17.1 Å². The van der Waals surface area contributed by atoms with Crippen molar-refractivity contribution in [1.82, 2.24) is 0 Å². The summed E-state index contributed by atoms with van der Waals surface area (Å²) in [7, 11) is 0. The maximum Gasteiger partial charge on any atom is 0.142 e. The minimum atomic E-state index is -0.451. The molecule has 0 aliphatic rings. The normalized spacial score (nSPS) is 11.8. The van der Waals surface area contributed by atoms with Crippen molar-refractivity contribution in [3.8, 4) is 6.07 Å². The van der Waals surface area contributed by atoms with Crippen LogP contribution in [-0.2, 0) is 0 Å². The summed E-state index contributed by atoms with van der Waals surface area (Å²) in [6.07, 6.45) is 0. The third-order valence-corrected chi connectivity index (χ3v) is 3.72. The summed E-state index contributed by atoms with van der Waals surface area (Å²) in [6, 6.07) is 12.0. The molecule has 20 heavy (non-hydrogen) atoms. The van der Waals surface area contributed by atoms with Crippen molar-refractivity contribution >= 4 is 33.2 Å². The lowest BCUT2D eigenvalue weighted by atomic mass is 10.1. The second-order valence-electron chi connectivity index (χ2n) is 4.34. The monoisotopic (exact) mass is 352 g/mol. The molecule has 0 aromatic heterocycles. The number of halogens is 3. The molecule has 0 spiro atoms. The van der Waals surface area contributed by atoms with Gasteiger partial charge in [-0.15, -0.1) is 0 Å². The molecule has 0 aliphatic carbocycles. The van der Waals surface area contributed by atoms with Crippen molar-refractivity contribution in [2.45, 2.75) is 13.0 Å². The highest BCUT2D eigenvalue weighted by atomic mass is 79.9. The fourth-order valence-electron chi connectivity index (χ4n) is 1.83. The molecule has 0 saturated heterocycles. The van der Waals surface area contributed by atoms with Crippen LogP contribution in [0.2, 0.25) is 5.02 Å². The Bertz CT molecular complexity index is 682. The van der Waals surface area contributed by atoms with E-state index in [1.807, 2.05) is 13.0 Å². The molecule has 0 fully saturated rings. The number of nitrogens with one attached hydrogen (secondary N) is 1. The van der Waals surface area contributed by atoms with Gasteiger partial charge in [0.2, 0.25) is 0 Å². The number of nitriles is 1. The van der Waals surface area contributed by atoms with Crippen LogP contribution in [0.25, 0.3) is 0 Å². The Hall–Kier alpha value is -1.57. The first-order chi connectivity index (χ1) is 9.51. The maximum atomic E-state index is 13.5. The number of hydrogen-bond donors (Lipinski definition) is 1. The van der Waals surface area contributed by atoms with Crippen molar-refractivity contribution < 1.29 is 4.39 Å². The summed E-state index contributed by atoms with van der Waals surface area (Å²) in [5, 5.41) is 12.4. The van der Waals surface area contributed by atoms with Crippen LogP contribution in [0.3, 0.4) is 0 Å². The van der Waals surface area contributed by atoms with Crippen LogP contribution in [-0.4, -0.2) is 0 Å². The molecule has 2 aromatic carbocycles. The molecule has 1 N–H and O–H groups in total. The van der Waals surface area contributed by atoms with Gasteiger partial charge in [0.05, 0.1) is 16.3 Å². The highest BCUT2D eigenvalue weighted by molar-refractivity contribution is 9.10. The van der Waals surface area contributed by atoms with E-state index in [2.05, 4.69) is 27.3 Å². The molecule has 5 heteroatoms. The first kappa shape index (κ1) is 14.8. The number of rotatable bonds is 3. The first-order valence-corrected chi connectivity index (χ1v) is 7.09. The summed E-state index contributed by atoms with van der Waals surface area (Å²) in [5.41, 5.74) is 2.00. The second kappa shape index (κ2) is 6.25. The molecule has 0 heterocycles. The summed E-state index contributed by atoms with van der Waals surface area (Å²) in [6.45, 7) is 1.89. The fraction of sp³-hybridized carbons (Fsp3) is 0.133. The largest absolute Gasteiger partial charge is 0.377 e. The molecule has 0 radical (unpaired) electrons. The standard InChI is InChI=1S/C15H11BrClFN2/c1-9(10-3-5-13(17)14(18)6-10)20-15-7-12(16)4-2-11(15)8-19/h2-7,9,20H,1H3. The Labute approximate surface area is 130 Å². The van der Waals surface area contributed by atoms with Gasteiger partial charge >= 0.3 is 0 Å². The smallest absolute Gasteiger partial charge is 0.142 e. The van der Waals surface area contributed by atoms with Gasteiger partial charge in [-0.3, -0.25) is 0 Å². The molecule has 2 rings (SSSR count). The number of hydrogen-bond acceptors (Lipinski definition) is 2. The Balaban J connectivity index is 2.27. The highest BCUT2D eigenvalue weighted by Crippen LogP contribution is 2.27. The van der Waals surface area contributed by atoms with E-state index in [9.17, 15) is 4.39 Å². The van der Waals surface area contributed by atoms with Gasteiger partial charge in [-0.25, -0.2) is 4.39 Å². The van der Waals surface area contributed by atoms with Crippen LogP contribution in [0.5, 0.6) is 0 Å². The van der Waals surface area contributed by atoms with Gasteiger partial charge in [0, 0.05) is 10.5 Å². The zero-order valence-electron chi connectivity index (χ0n) is 10.6. The molecule has 0 aliphatic heterocycles. The van der Waals surface area contributed by atoms with Crippen LogP contribution >= 0.6 is 27.5 Å². The van der Waals surface area contributed by atoms with E-state index in [0.29, 0.717) is 11.3 Å². The van der Waals surface area contributed by atoms with Gasteiger partial charge in [-0.2, -0.15) is 5.26 Å². The molecular formula is C15H11BrClFN2. The molecule has 1 atom stereocenters. The van der Waals surface area contributed by atoms with Crippen LogP contribution in [0.4, 0.5) is 10.1 Å².